The van der Waals surface area contributed by atoms with Crippen molar-refractivity contribution in [3.05, 3.63) is 0 Å². The van der Waals surface area contributed by atoms with Gasteiger partial charge in [-0.25, -0.2) is 12.7 Å². The first-order chi connectivity index (χ1) is 6.25. The summed E-state index contributed by atoms with van der Waals surface area (Å²) in [6, 6.07) is 0. The first kappa shape index (κ1) is 12.0. The summed E-state index contributed by atoms with van der Waals surface area (Å²) >= 11 is 3.25. The predicted molar refractivity (Wildman–Crippen MR) is 57.7 cm³/mol. The summed E-state index contributed by atoms with van der Waals surface area (Å²) in [5.74, 6) is -0.157. The summed E-state index contributed by atoms with van der Waals surface area (Å²) in [5, 5.41) is 0.687. The van der Waals surface area contributed by atoms with Crippen molar-refractivity contribution in [2.45, 2.75) is 25.5 Å². The SMILES string of the molecule is CC(CBr)CN1C(=O)C(C)(C)S1(=O)=O. The summed E-state index contributed by atoms with van der Waals surface area (Å²) in [5.41, 5.74) is 0. The molecule has 0 aromatic carbocycles. The number of rotatable bonds is 3. The molecule has 1 fully saturated rings. The van der Waals surface area contributed by atoms with Crippen molar-refractivity contribution >= 4 is 31.9 Å². The molecule has 1 heterocycles. The van der Waals surface area contributed by atoms with Gasteiger partial charge in [0.15, 0.2) is 4.75 Å². The first-order valence-electron chi connectivity index (χ1n) is 4.38. The van der Waals surface area contributed by atoms with Gasteiger partial charge in [0.25, 0.3) is 15.9 Å². The van der Waals surface area contributed by atoms with Gasteiger partial charge in [-0.2, -0.15) is 0 Å². The van der Waals surface area contributed by atoms with E-state index in [2.05, 4.69) is 15.9 Å². The Hall–Kier alpha value is -0.100. The van der Waals surface area contributed by atoms with E-state index >= 15 is 0 Å². The quantitative estimate of drug-likeness (QED) is 0.726. The second-order valence-corrected chi connectivity index (χ2v) is 7.17. The number of carbonyl (C=O) groups is 1. The Kier molecular flexibility index (Phi) is 2.98. The second-order valence-electron chi connectivity index (χ2n) is 4.11. The smallest absolute Gasteiger partial charge is 0.258 e. The van der Waals surface area contributed by atoms with Gasteiger partial charge in [0.1, 0.15) is 0 Å². The van der Waals surface area contributed by atoms with Crippen molar-refractivity contribution in [3.8, 4) is 0 Å². The molecular formula is C8H14BrNO3S. The standard InChI is InChI=1S/C8H14BrNO3S/c1-6(4-9)5-10-7(11)8(2,3)14(10,12)13/h6H,4-5H2,1-3H3. The fraction of sp³-hybridized carbons (Fsp3) is 0.875. The number of amides is 1. The minimum atomic E-state index is -3.39. The van der Waals surface area contributed by atoms with Gasteiger partial charge in [-0.15, -0.1) is 0 Å². The number of alkyl halides is 1. The Labute approximate surface area is 92.8 Å². The van der Waals surface area contributed by atoms with Gasteiger partial charge < -0.3 is 0 Å². The lowest BCUT2D eigenvalue weighted by Crippen LogP contribution is -2.67. The van der Waals surface area contributed by atoms with Gasteiger partial charge in [0.2, 0.25) is 0 Å². The molecule has 0 saturated carbocycles. The van der Waals surface area contributed by atoms with Crippen molar-refractivity contribution in [3.63, 3.8) is 0 Å². The van der Waals surface area contributed by atoms with Crippen LogP contribution in [0.3, 0.4) is 0 Å². The van der Waals surface area contributed by atoms with Gasteiger partial charge in [0, 0.05) is 11.9 Å². The van der Waals surface area contributed by atoms with E-state index in [4.69, 9.17) is 0 Å². The van der Waals surface area contributed by atoms with E-state index in [0.717, 1.165) is 4.31 Å². The molecule has 1 amide bonds. The van der Waals surface area contributed by atoms with Crippen LogP contribution in [0.5, 0.6) is 0 Å². The summed E-state index contributed by atoms with van der Waals surface area (Å²) < 4.78 is 23.0. The van der Waals surface area contributed by atoms with E-state index in [9.17, 15) is 13.2 Å². The van der Waals surface area contributed by atoms with Crippen molar-refractivity contribution in [2.24, 2.45) is 5.92 Å². The molecule has 1 unspecified atom stereocenters. The van der Waals surface area contributed by atoms with Crippen LogP contribution in [-0.4, -0.2) is 35.3 Å². The number of halogens is 1. The maximum Gasteiger partial charge on any atom is 0.258 e. The zero-order chi connectivity index (χ0) is 11.1. The van der Waals surface area contributed by atoms with Crippen LogP contribution in [0.4, 0.5) is 0 Å². The Morgan fingerprint density at radius 3 is 2.36 bits per heavy atom. The largest absolute Gasteiger partial charge is 0.272 e. The highest BCUT2D eigenvalue weighted by atomic mass is 79.9. The van der Waals surface area contributed by atoms with Crippen LogP contribution in [0.1, 0.15) is 20.8 Å². The highest BCUT2D eigenvalue weighted by Gasteiger charge is 2.59. The topological polar surface area (TPSA) is 54.5 Å². The van der Waals surface area contributed by atoms with E-state index in [-0.39, 0.29) is 18.4 Å². The average Bonchev–Trinajstić information content (AvgIpc) is 2.12. The van der Waals surface area contributed by atoms with Crippen molar-refractivity contribution < 1.29 is 13.2 Å². The lowest BCUT2D eigenvalue weighted by atomic mass is 10.1. The van der Waals surface area contributed by atoms with Crippen LogP contribution in [-0.2, 0) is 14.8 Å². The highest BCUT2D eigenvalue weighted by molar-refractivity contribution is 9.09. The molecule has 0 spiro atoms. The normalized spacial score (nSPS) is 25.7. The van der Waals surface area contributed by atoms with Crippen LogP contribution < -0.4 is 0 Å². The van der Waals surface area contributed by atoms with Gasteiger partial charge in [-0.1, -0.05) is 22.9 Å². The lowest BCUT2D eigenvalue weighted by Gasteiger charge is -2.43. The molecule has 82 valence electrons. The number of carbonyl (C=O) groups excluding carboxylic acids is 1. The molecule has 6 heteroatoms. The minimum Gasteiger partial charge on any atom is -0.272 e. The predicted octanol–water partition coefficient (Wildman–Crippen LogP) is 0.968. The van der Waals surface area contributed by atoms with Crippen LogP contribution in [0, 0.1) is 5.92 Å². The van der Waals surface area contributed by atoms with E-state index in [1.54, 1.807) is 0 Å². The zero-order valence-corrected chi connectivity index (χ0v) is 10.9. The third-order valence-electron chi connectivity index (χ3n) is 2.42. The zero-order valence-electron chi connectivity index (χ0n) is 8.45. The number of hydrogen-bond acceptors (Lipinski definition) is 3. The van der Waals surface area contributed by atoms with Crippen LogP contribution >= 0.6 is 15.9 Å². The Morgan fingerprint density at radius 1 is 1.50 bits per heavy atom. The van der Waals surface area contributed by atoms with Crippen LogP contribution in [0.15, 0.2) is 0 Å². The Morgan fingerprint density at radius 2 is 2.00 bits per heavy atom. The summed E-state index contributed by atoms with van der Waals surface area (Å²) in [6.45, 7) is 5.05. The molecule has 0 bridgehead atoms. The molecule has 1 rings (SSSR count). The molecular weight excluding hydrogens is 270 g/mol. The lowest BCUT2D eigenvalue weighted by molar-refractivity contribution is -0.132. The fourth-order valence-electron chi connectivity index (χ4n) is 1.27. The number of hydrogen-bond donors (Lipinski definition) is 0. The molecule has 0 N–H and O–H groups in total. The molecule has 4 nitrogen and oxygen atoms in total. The summed E-state index contributed by atoms with van der Waals surface area (Å²) in [4.78, 5) is 11.5. The Balaban J connectivity index is 2.82. The van der Waals surface area contributed by atoms with Crippen molar-refractivity contribution in [2.75, 3.05) is 11.9 Å². The van der Waals surface area contributed by atoms with Crippen molar-refractivity contribution in [1.29, 1.82) is 0 Å². The summed E-state index contributed by atoms with van der Waals surface area (Å²) in [6.07, 6.45) is 0. The summed E-state index contributed by atoms with van der Waals surface area (Å²) in [7, 11) is -3.39. The van der Waals surface area contributed by atoms with Crippen LogP contribution in [0.2, 0.25) is 0 Å². The maximum atomic E-state index is 11.6. The monoisotopic (exact) mass is 283 g/mol. The van der Waals surface area contributed by atoms with Gasteiger partial charge in [0.05, 0.1) is 0 Å². The van der Waals surface area contributed by atoms with Gasteiger partial charge in [-0.05, 0) is 19.8 Å². The molecule has 1 atom stereocenters. The molecule has 1 aliphatic heterocycles. The molecule has 1 aliphatic rings. The van der Waals surface area contributed by atoms with Gasteiger partial charge in [-0.3, -0.25) is 4.79 Å². The van der Waals surface area contributed by atoms with E-state index in [1.807, 2.05) is 6.92 Å². The molecule has 0 aliphatic carbocycles. The third-order valence-corrected chi connectivity index (χ3v) is 5.88. The fourth-order valence-corrected chi connectivity index (χ4v) is 3.12. The highest BCUT2D eigenvalue weighted by Crippen LogP contribution is 2.35. The molecule has 0 aromatic rings. The van der Waals surface area contributed by atoms with Gasteiger partial charge >= 0.3 is 0 Å². The van der Waals surface area contributed by atoms with E-state index in [1.165, 1.54) is 13.8 Å². The molecule has 0 radical (unpaired) electrons. The number of nitrogens with zero attached hydrogens (tertiary/aromatic N) is 1. The molecule has 14 heavy (non-hydrogen) atoms. The molecule has 0 aromatic heterocycles. The second kappa shape index (κ2) is 3.48. The average molecular weight is 284 g/mol. The van der Waals surface area contributed by atoms with Crippen molar-refractivity contribution in [1.82, 2.24) is 4.31 Å². The number of sulfonamides is 1. The third kappa shape index (κ3) is 1.48. The molecule has 1 saturated heterocycles. The Bertz CT molecular complexity index is 350. The van der Waals surface area contributed by atoms with Crippen LogP contribution in [0.25, 0.3) is 0 Å². The minimum absolute atomic E-state index is 0.143. The maximum absolute atomic E-state index is 11.6. The first-order valence-corrected chi connectivity index (χ1v) is 6.94. The van der Waals surface area contributed by atoms with E-state index in [0.29, 0.717) is 5.33 Å². The van der Waals surface area contributed by atoms with E-state index < -0.39 is 14.8 Å².